The van der Waals surface area contributed by atoms with Gasteiger partial charge in [-0.1, -0.05) is 12.0 Å². The first-order valence-corrected chi connectivity index (χ1v) is 4.42. The lowest BCUT2D eigenvalue weighted by Gasteiger charge is -2.06. The topological polar surface area (TPSA) is 52.6 Å². The van der Waals surface area contributed by atoms with E-state index in [1.165, 1.54) is 26.4 Å². The van der Waals surface area contributed by atoms with Crippen molar-refractivity contribution in [1.29, 1.82) is 0 Å². The van der Waals surface area contributed by atoms with Crippen LogP contribution in [0.4, 0.5) is 0 Å². The van der Waals surface area contributed by atoms with E-state index in [-0.39, 0.29) is 16.7 Å². The first-order valence-electron chi connectivity index (χ1n) is 4.42. The predicted octanol–water partition coefficient (Wildman–Crippen LogP) is 1.24. The highest BCUT2D eigenvalue weighted by Crippen LogP contribution is 2.15. The van der Waals surface area contributed by atoms with Crippen molar-refractivity contribution >= 4 is 11.9 Å². The van der Waals surface area contributed by atoms with E-state index in [2.05, 4.69) is 15.4 Å². The van der Waals surface area contributed by atoms with Gasteiger partial charge in [0.1, 0.15) is 0 Å². The second-order valence-electron chi connectivity index (χ2n) is 2.86. The van der Waals surface area contributed by atoms with Gasteiger partial charge in [-0.15, -0.1) is 6.42 Å². The van der Waals surface area contributed by atoms with E-state index in [1.807, 2.05) is 0 Å². The van der Waals surface area contributed by atoms with Crippen molar-refractivity contribution in [3.8, 4) is 12.3 Å². The molecule has 4 heteroatoms. The molecule has 1 rings (SSSR count). The summed E-state index contributed by atoms with van der Waals surface area (Å²) < 4.78 is 9.12. The van der Waals surface area contributed by atoms with Crippen molar-refractivity contribution in [2.75, 3.05) is 14.2 Å². The molecule has 0 unspecified atom stereocenters. The Kier molecular flexibility index (Phi) is 3.67. The van der Waals surface area contributed by atoms with Gasteiger partial charge in [0.15, 0.2) is 0 Å². The first kappa shape index (κ1) is 11.8. The van der Waals surface area contributed by atoms with Gasteiger partial charge in [0.25, 0.3) is 0 Å². The maximum absolute atomic E-state index is 11.4. The molecule has 0 heterocycles. The van der Waals surface area contributed by atoms with Gasteiger partial charge < -0.3 is 9.47 Å². The molecule has 0 spiro atoms. The second-order valence-corrected chi connectivity index (χ2v) is 2.86. The molecule has 0 atom stereocenters. The SMILES string of the molecule is C#Cc1c(C(=O)OC)cccc1C(=O)OC. The minimum atomic E-state index is -0.585. The molecule has 16 heavy (non-hydrogen) atoms. The molecular formula is C12H10O4. The van der Waals surface area contributed by atoms with Crippen LogP contribution in [-0.2, 0) is 9.47 Å². The van der Waals surface area contributed by atoms with E-state index in [9.17, 15) is 9.59 Å². The van der Waals surface area contributed by atoms with Crippen LogP contribution in [0.5, 0.6) is 0 Å². The Balaban J connectivity index is 3.39. The molecule has 1 aromatic rings. The van der Waals surface area contributed by atoms with Crippen LogP contribution in [0.2, 0.25) is 0 Å². The Labute approximate surface area is 93.2 Å². The summed E-state index contributed by atoms with van der Waals surface area (Å²) >= 11 is 0. The lowest BCUT2D eigenvalue weighted by atomic mass is 10.0. The van der Waals surface area contributed by atoms with Gasteiger partial charge in [0, 0.05) is 0 Å². The number of carbonyl (C=O) groups is 2. The van der Waals surface area contributed by atoms with E-state index >= 15 is 0 Å². The first-order chi connectivity index (χ1) is 7.65. The second kappa shape index (κ2) is 4.99. The third-order valence-corrected chi connectivity index (χ3v) is 2.02. The smallest absolute Gasteiger partial charge is 0.339 e. The van der Waals surface area contributed by atoms with Crippen molar-refractivity contribution in [1.82, 2.24) is 0 Å². The Bertz CT molecular complexity index is 434. The molecule has 0 amide bonds. The van der Waals surface area contributed by atoms with Crippen LogP contribution < -0.4 is 0 Å². The van der Waals surface area contributed by atoms with E-state index in [4.69, 9.17) is 6.42 Å². The van der Waals surface area contributed by atoms with Crippen LogP contribution in [0.3, 0.4) is 0 Å². The highest BCUT2D eigenvalue weighted by Gasteiger charge is 2.18. The van der Waals surface area contributed by atoms with Gasteiger partial charge in [0.05, 0.1) is 30.9 Å². The van der Waals surface area contributed by atoms with E-state index in [1.54, 1.807) is 6.07 Å². The molecule has 0 saturated carbocycles. The van der Waals surface area contributed by atoms with Crippen LogP contribution in [0, 0.1) is 12.3 Å². The van der Waals surface area contributed by atoms with Gasteiger partial charge in [-0.2, -0.15) is 0 Å². The summed E-state index contributed by atoms with van der Waals surface area (Å²) in [5.41, 5.74) is 0.530. The summed E-state index contributed by atoms with van der Waals surface area (Å²) in [6, 6.07) is 4.53. The number of ether oxygens (including phenoxy) is 2. The molecule has 0 aliphatic heterocycles. The van der Waals surface area contributed by atoms with Crippen molar-refractivity contribution < 1.29 is 19.1 Å². The Morgan fingerprint density at radius 3 is 1.88 bits per heavy atom. The average Bonchev–Trinajstić information content (AvgIpc) is 2.35. The number of hydrogen-bond acceptors (Lipinski definition) is 4. The Morgan fingerprint density at radius 2 is 1.56 bits per heavy atom. The molecule has 0 saturated heterocycles. The van der Waals surface area contributed by atoms with Crippen LogP contribution in [0.15, 0.2) is 18.2 Å². The summed E-state index contributed by atoms with van der Waals surface area (Å²) in [4.78, 5) is 22.8. The summed E-state index contributed by atoms with van der Waals surface area (Å²) in [5.74, 6) is 1.12. The fourth-order valence-electron chi connectivity index (χ4n) is 1.27. The Morgan fingerprint density at radius 1 is 1.12 bits per heavy atom. The fraction of sp³-hybridized carbons (Fsp3) is 0.167. The number of rotatable bonds is 2. The monoisotopic (exact) mass is 218 g/mol. The largest absolute Gasteiger partial charge is 0.465 e. The van der Waals surface area contributed by atoms with Crippen molar-refractivity contribution in [3.63, 3.8) is 0 Å². The average molecular weight is 218 g/mol. The molecular weight excluding hydrogens is 208 g/mol. The highest BCUT2D eigenvalue weighted by atomic mass is 16.5. The number of terminal acetylenes is 1. The van der Waals surface area contributed by atoms with Gasteiger partial charge in [-0.3, -0.25) is 0 Å². The van der Waals surface area contributed by atoms with Crippen LogP contribution in [0.1, 0.15) is 26.3 Å². The van der Waals surface area contributed by atoms with Crippen molar-refractivity contribution in [2.45, 2.75) is 0 Å². The summed E-state index contributed by atoms with van der Waals surface area (Å²) in [5, 5.41) is 0. The third kappa shape index (κ3) is 2.04. The van der Waals surface area contributed by atoms with Crippen LogP contribution >= 0.6 is 0 Å². The quantitative estimate of drug-likeness (QED) is 0.553. The van der Waals surface area contributed by atoms with Crippen molar-refractivity contribution in [2.24, 2.45) is 0 Å². The van der Waals surface area contributed by atoms with Crippen LogP contribution in [-0.4, -0.2) is 26.2 Å². The number of benzene rings is 1. The van der Waals surface area contributed by atoms with Gasteiger partial charge >= 0.3 is 11.9 Å². The van der Waals surface area contributed by atoms with E-state index in [0.29, 0.717) is 0 Å². The van der Waals surface area contributed by atoms with Gasteiger partial charge in [-0.25, -0.2) is 9.59 Å². The normalized spacial score (nSPS) is 9.06. The summed E-state index contributed by atoms with van der Waals surface area (Å²) in [6.07, 6.45) is 5.27. The number of carbonyl (C=O) groups excluding carboxylic acids is 2. The zero-order chi connectivity index (χ0) is 12.1. The van der Waals surface area contributed by atoms with Crippen molar-refractivity contribution in [3.05, 3.63) is 34.9 Å². The zero-order valence-corrected chi connectivity index (χ0v) is 8.94. The number of hydrogen-bond donors (Lipinski definition) is 0. The minimum Gasteiger partial charge on any atom is -0.465 e. The molecule has 4 nitrogen and oxygen atoms in total. The molecule has 1 aromatic carbocycles. The standard InChI is InChI=1S/C12H10O4/c1-4-8-9(11(13)15-2)6-5-7-10(8)12(14)16-3/h1,5-7H,2-3H3. The number of methoxy groups -OCH3 is 2. The minimum absolute atomic E-state index is 0.174. The third-order valence-electron chi connectivity index (χ3n) is 2.02. The molecule has 0 bridgehead atoms. The van der Waals surface area contributed by atoms with E-state index in [0.717, 1.165) is 0 Å². The molecule has 0 aliphatic rings. The van der Waals surface area contributed by atoms with Crippen LogP contribution in [0.25, 0.3) is 0 Å². The van der Waals surface area contributed by atoms with Gasteiger partial charge in [0.2, 0.25) is 0 Å². The Hall–Kier alpha value is -2.28. The molecule has 0 aromatic heterocycles. The highest BCUT2D eigenvalue weighted by molar-refractivity contribution is 5.99. The molecule has 0 radical (unpaired) electrons. The van der Waals surface area contributed by atoms with Gasteiger partial charge in [-0.05, 0) is 12.1 Å². The zero-order valence-electron chi connectivity index (χ0n) is 8.94. The lowest BCUT2D eigenvalue weighted by Crippen LogP contribution is -2.10. The molecule has 0 aliphatic carbocycles. The summed E-state index contributed by atoms with van der Waals surface area (Å²) in [6.45, 7) is 0. The summed E-state index contributed by atoms with van der Waals surface area (Å²) in [7, 11) is 2.49. The predicted molar refractivity (Wildman–Crippen MR) is 57.1 cm³/mol. The number of esters is 2. The maximum Gasteiger partial charge on any atom is 0.339 e. The van der Waals surface area contributed by atoms with E-state index < -0.39 is 11.9 Å². The fourth-order valence-corrected chi connectivity index (χ4v) is 1.27. The molecule has 82 valence electrons. The maximum atomic E-state index is 11.4. The lowest BCUT2D eigenvalue weighted by molar-refractivity contribution is 0.0598. The molecule has 0 fully saturated rings. The molecule has 0 N–H and O–H groups in total.